The minimum Gasteiger partial charge on any atom is -0.361 e. The van der Waals surface area contributed by atoms with E-state index < -0.39 is 0 Å². The highest BCUT2D eigenvalue weighted by molar-refractivity contribution is 6.03. The summed E-state index contributed by atoms with van der Waals surface area (Å²) in [6, 6.07) is 6.20. The van der Waals surface area contributed by atoms with Gasteiger partial charge in [-0.05, 0) is 18.2 Å². The minimum absolute atomic E-state index is 1.18. The number of aromatic amines is 3. The summed E-state index contributed by atoms with van der Waals surface area (Å²) in [4.78, 5) is 3.15. The minimum atomic E-state index is 1.18. The molecule has 0 aliphatic heterocycles. The van der Waals surface area contributed by atoms with E-state index >= 15 is 0 Å². The zero-order valence-corrected chi connectivity index (χ0v) is 5.81. The molecule has 3 N–H and O–H groups in total. The fraction of sp³-hybridized carbons (Fsp3) is 0. The zero-order chi connectivity index (χ0) is 7.26. The fourth-order valence-corrected chi connectivity index (χ4v) is 1.44. The second-order valence-electron chi connectivity index (χ2n) is 2.68. The summed E-state index contributed by atoms with van der Waals surface area (Å²) in [7, 11) is 0. The molecule has 1 aromatic carbocycles. The molecule has 0 atom stereocenters. The molecule has 0 fully saturated rings. The number of H-pyrrole nitrogens is 3. The lowest BCUT2D eigenvalue weighted by molar-refractivity contribution is 1.08. The Morgan fingerprint density at radius 3 is 2.64 bits per heavy atom. The van der Waals surface area contributed by atoms with E-state index in [4.69, 9.17) is 0 Å². The largest absolute Gasteiger partial charge is 0.361 e. The van der Waals surface area contributed by atoms with Crippen molar-refractivity contribution in [2.75, 3.05) is 0 Å². The molecule has 0 radical (unpaired) electrons. The van der Waals surface area contributed by atoms with Crippen molar-refractivity contribution >= 4 is 21.9 Å². The van der Waals surface area contributed by atoms with Crippen LogP contribution in [0, 0.1) is 0 Å². The fourth-order valence-electron chi connectivity index (χ4n) is 1.44. The molecule has 2 aromatic heterocycles. The first kappa shape index (κ1) is 5.07. The molecular weight excluding hydrogens is 138 g/mol. The van der Waals surface area contributed by atoms with Gasteiger partial charge in [0.1, 0.15) is 0 Å². The number of nitrogens with one attached hydrogen (secondary N) is 3. The van der Waals surface area contributed by atoms with Gasteiger partial charge in [0, 0.05) is 17.1 Å². The predicted molar refractivity (Wildman–Crippen MR) is 44.5 cm³/mol. The second-order valence-corrected chi connectivity index (χ2v) is 2.68. The van der Waals surface area contributed by atoms with Crippen LogP contribution in [0.3, 0.4) is 0 Å². The van der Waals surface area contributed by atoms with Crippen LogP contribution in [0.2, 0.25) is 0 Å². The van der Waals surface area contributed by atoms with Gasteiger partial charge < -0.3 is 4.98 Å². The summed E-state index contributed by atoms with van der Waals surface area (Å²) in [5, 5.41) is 7.31. The van der Waals surface area contributed by atoms with Crippen LogP contribution in [0.4, 0.5) is 0 Å². The van der Waals surface area contributed by atoms with E-state index in [0.717, 1.165) is 0 Å². The average Bonchev–Trinajstić information content (AvgIpc) is 2.34. The molecule has 3 aromatic rings. The van der Waals surface area contributed by atoms with Crippen molar-refractivity contribution in [3.8, 4) is 0 Å². The Morgan fingerprint density at radius 2 is 1.82 bits per heavy atom. The third-order valence-electron chi connectivity index (χ3n) is 2.06. The zero-order valence-electron chi connectivity index (χ0n) is 5.81. The van der Waals surface area contributed by atoms with Gasteiger partial charge in [0.15, 0.2) is 0 Å². The molecule has 3 rings (SSSR count). The van der Waals surface area contributed by atoms with Crippen LogP contribution >= 0.6 is 0 Å². The quantitative estimate of drug-likeness (QED) is 0.433. The highest BCUT2D eigenvalue weighted by Crippen LogP contribution is 2.21. The first-order valence-corrected chi connectivity index (χ1v) is 3.57. The second kappa shape index (κ2) is 1.50. The third kappa shape index (κ3) is 0.487. The number of rotatable bonds is 0. The molecule has 3 nitrogen and oxygen atoms in total. The summed E-state index contributed by atoms with van der Waals surface area (Å²) in [6.45, 7) is 0. The van der Waals surface area contributed by atoms with Gasteiger partial charge in [0.05, 0.1) is 11.0 Å². The van der Waals surface area contributed by atoms with Crippen LogP contribution in [0.1, 0.15) is 0 Å². The summed E-state index contributed by atoms with van der Waals surface area (Å²) >= 11 is 0. The van der Waals surface area contributed by atoms with Crippen molar-refractivity contribution in [3.63, 3.8) is 0 Å². The Balaban J connectivity index is 2.69. The van der Waals surface area contributed by atoms with Gasteiger partial charge in [-0.1, -0.05) is 0 Å². The monoisotopic (exact) mass is 145 g/mol. The van der Waals surface area contributed by atoms with Gasteiger partial charge in [-0.3, -0.25) is 10.2 Å². The topological polar surface area (TPSA) is 47.4 Å². The van der Waals surface area contributed by atoms with Crippen molar-refractivity contribution in [3.05, 3.63) is 24.4 Å². The van der Waals surface area contributed by atoms with Gasteiger partial charge in [-0.25, -0.2) is 0 Å². The standard InChI is InChI=1S/C8H7N3/c1-2-7-8(11-10-7)5-3-4-9-6(1)5/h1-4,9-11H. The molecule has 0 unspecified atom stereocenters. The predicted octanol–water partition coefficient (Wildman–Crippen LogP) is 1.98. The van der Waals surface area contributed by atoms with E-state index in [1.165, 1.54) is 21.9 Å². The molecule has 3 heteroatoms. The molecule has 0 aliphatic carbocycles. The molecule has 0 bridgehead atoms. The Labute approximate surface area is 62.4 Å². The van der Waals surface area contributed by atoms with Crippen LogP contribution in [0.15, 0.2) is 24.4 Å². The van der Waals surface area contributed by atoms with E-state index in [2.05, 4.69) is 33.4 Å². The first-order chi connectivity index (χ1) is 5.45. The Hall–Kier alpha value is -1.64. The van der Waals surface area contributed by atoms with Gasteiger partial charge in [0.25, 0.3) is 0 Å². The first-order valence-electron chi connectivity index (χ1n) is 3.57. The van der Waals surface area contributed by atoms with E-state index in [1.54, 1.807) is 0 Å². The van der Waals surface area contributed by atoms with E-state index in [-0.39, 0.29) is 0 Å². The van der Waals surface area contributed by atoms with Crippen LogP contribution in [0.5, 0.6) is 0 Å². The molecule has 11 heavy (non-hydrogen) atoms. The Bertz CT molecular complexity index is 497. The summed E-state index contributed by atoms with van der Waals surface area (Å²) in [6.07, 6.45) is 1.95. The Morgan fingerprint density at radius 1 is 0.909 bits per heavy atom. The van der Waals surface area contributed by atoms with Gasteiger partial charge in [0.2, 0.25) is 0 Å². The molecule has 0 spiro atoms. The van der Waals surface area contributed by atoms with Gasteiger partial charge in [-0.2, -0.15) is 0 Å². The van der Waals surface area contributed by atoms with Crippen LogP contribution < -0.4 is 0 Å². The lowest BCUT2D eigenvalue weighted by atomic mass is 10.2. The molecule has 0 aliphatic rings. The number of fused-ring (bicyclic) bond motifs is 3. The van der Waals surface area contributed by atoms with Crippen molar-refractivity contribution in [2.45, 2.75) is 0 Å². The summed E-state index contributed by atoms with van der Waals surface area (Å²) in [5.41, 5.74) is 3.55. The highest BCUT2D eigenvalue weighted by Gasteiger charge is 2.02. The van der Waals surface area contributed by atoms with Crippen molar-refractivity contribution in [1.29, 1.82) is 0 Å². The number of hydrogen-bond donors (Lipinski definition) is 3. The van der Waals surface area contributed by atoms with Gasteiger partial charge >= 0.3 is 0 Å². The van der Waals surface area contributed by atoms with Crippen molar-refractivity contribution in [2.24, 2.45) is 0 Å². The van der Waals surface area contributed by atoms with E-state index in [1.807, 2.05) is 6.20 Å². The number of aromatic nitrogens is 3. The van der Waals surface area contributed by atoms with E-state index in [9.17, 15) is 0 Å². The highest BCUT2D eigenvalue weighted by atomic mass is 15.1. The Kier molecular flexibility index (Phi) is 0.692. The summed E-state index contributed by atoms with van der Waals surface area (Å²) in [5.74, 6) is 0. The normalized spacial score (nSPS) is 11.6. The lowest BCUT2D eigenvalue weighted by Gasteiger charge is -2.03. The summed E-state index contributed by atoms with van der Waals surface area (Å²) < 4.78 is 0. The molecule has 2 heterocycles. The third-order valence-corrected chi connectivity index (χ3v) is 2.06. The molecule has 0 amide bonds. The number of hydrogen-bond acceptors (Lipinski definition) is 0. The molecule has 0 saturated heterocycles. The smallest absolute Gasteiger partial charge is 0.0882 e. The van der Waals surface area contributed by atoms with Crippen molar-refractivity contribution in [1.82, 2.24) is 15.2 Å². The number of benzene rings is 1. The van der Waals surface area contributed by atoms with Crippen LogP contribution in [0.25, 0.3) is 21.9 Å². The molecule has 0 saturated carbocycles. The molecule has 54 valence electrons. The van der Waals surface area contributed by atoms with Crippen LogP contribution in [-0.4, -0.2) is 15.2 Å². The maximum atomic E-state index is 3.15. The maximum absolute atomic E-state index is 3.15. The maximum Gasteiger partial charge on any atom is 0.0882 e. The molecular formula is C8H7N3. The van der Waals surface area contributed by atoms with E-state index in [0.29, 0.717) is 0 Å². The SMILES string of the molecule is c1cc2c(ccc3[nH][nH]c32)[nH]1. The van der Waals surface area contributed by atoms with Gasteiger partial charge in [-0.15, -0.1) is 0 Å². The van der Waals surface area contributed by atoms with Crippen LogP contribution in [-0.2, 0) is 0 Å². The average molecular weight is 145 g/mol. The van der Waals surface area contributed by atoms with Crippen molar-refractivity contribution < 1.29 is 0 Å². The lowest BCUT2D eigenvalue weighted by Crippen LogP contribution is -1.90.